The largest absolute Gasteiger partial charge is 0.494 e. The maximum absolute atomic E-state index is 13.3. The van der Waals surface area contributed by atoms with Crippen molar-refractivity contribution >= 4 is 29.4 Å². The molecule has 1 N–H and O–H groups in total. The molecule has 1 aliphatic carbocycles. The summed E-state index contributed by atoms with van der Waals surface area (Å²) in [5.41, 5.74) is 2.54. The van der Waals surface area contributed by atoms with E-state index in [4.69, 9.17) is 9.47 Å². The first kappa shape index (κ1) is 32.5. The molecule has 2 aromatic carbocycles. The lowest BCUT2D eigenvalue weighted by molar-refractivity contribution is -0.134. The predicted molar refractivity (Wildman–Crippen MR) is 174 cm³/mol. The van der Waals surface area contributed by atoms with E-state index in [1.54, 1.807) is 12.1 Å². The summed E-state index contributed by atoms with van der Waals surface area (Å²) in [4.78, 5) is 45.7. The van der Waals surface area contributed by atoms with Crippen LogP contribution in [0.3, 0.4) is 0 Å². The van der Waals surface area contributed by atoms with E-state index in [2.05, 4.69) is 15.2 Å². The second-order valence-corrected chi connectivity index (χ2v) is 12.4. The van der Waals surface area contributed by atoms with Crippen LogP contribution in [0.4, 0.5) is 5.69 Å². The Morgan fingerprint density at radius 2 is 1.62 bits per heavy atom. The standard InChI is InChI=1S/C36H48N4O5/c41-33-27-39-26-29-25-31(20-21-32(29)37-36(39)38-33)44-23-13-3-1-11-19-34(42)40(30-17-9-6-10-18-30)22-12-2-4-14-24-45-35(43)28-15-7-5-8-16-28/h5,7-8,15-16,20-21,25,30H,1-4,6,9-14,17-19,22-24,26-27H2,(H,37,38,41). The number of esters is 1. The van der Waals surface area contributed by atoms with Crippen LogP contribution >= 0.6 is 0 Å². The van der Waals surface area contributed by atoms with Gasteiger partial charge >= 0.3 is 5.97 Å². The van der Waals surface area contributed by atoms with Gasteiger partial charge in [0.2, 0.25) is 17.8 Å². The molecule has 0 unspecified atom stereocenters. The zero-order valence-electron chi connectivity index (χ0n) is 26.5. The number of amides is 2. The summed E-state index contributed by atoms with van der Waals surface area (Å²) in [6.07, 6.45) is 14.4. The second kappa shape index (κ2) is 17.0. The number of nitrogens with zero attached hydrogens (tertiary/aromatic N) is 3. The number of benzene rings is 2. The number of fused-ring (bicyclic) bond motifs is 2. The van der Waals surface area contributed by atoms with Crippen molar-refractivity contribution in [3.8, 4) is 5.75 Å². The summed E-state index contributed by atoms with van der Waals surface area (Å²) >= 11 is 0. The summed E-state index contributed by atoms with van der Waals surface area (Å²) in [5, 5.41) is 2.79. The summed E-state index contributed by atoms with van der Waals surface area (Å²) in [5.74, 6) is 1.50. The molecule has 242 valence electrons. The van der Waals surface area contributed by atoms with Crippen LogP contribution in [0.2, 0.25) is 0 Å². The van der Waals surface area contributed by atoms with Crippen molar-refractivity contribution in [3.05, 3.63) is 59.7 Å². The van der Waals surface area contributed by atoms with Crippen molar-refractivity contribution in [2.45, 2.75) is 102 Å². The highest BCUT2D eigenvalue weighted by Crippen LogP contribution is 2.30. The van der Waals surface area contributed by atoms with Crippen LogP contribution in [0.1, 0.15) is 106 Å². The van der Waals surface area contributed by atoms with Gasteiger partial charge in [-0.15, -0.1) is 0 Å². The van der Waals surface area contributed by atoms with Gasteiger partial charge in [-0.25, -0.2) is 9.79 Å². The van der Waals surface area contributed by atoms with Gasteiger partial charge in [-0.1, -0.05) is 56.7 Å². The highest BCUT2D eigenvalue weighted by molar-refractivity contribution is 6.05. The Labute approximate surface area is 267 Å². The fourth-order valence-corrected chi connectivity index (χ4v) is 6.46. The molecule has 0 aromatic heterocycles. The number of carbonyl (C=O) groups excluding carboxylic acids is 3. The lowest BCUT2D eigenvalue weighted by Gasteiger charge is -2.34. The first-order chi connectivity index (χ1) is 22.1. The van der Waals surface area contributed by atoms with Crippen molar-refractivity contribution in [3.63, 3.8) is 0 Å². The number of unbranched alkanes of at least 4 members (excludes halogenated alkanes) is 6. The highest BCUT2D eigenvalue weighted by Gasteiger charge is 2.29. The van der Waals surface area contributed by atoms with Gasteiger partial charge in [0.05, 0.1) is 24.5 Å². The normalized spacial score (nSPS) is 16.0. The molecule has 9 heteroatoms. The first-order valence-corrected chi connectivity index (χ1v) is 17.0. The number of rotatable bonds is 17. The third kappa shape index (κ3) is 9.80. The molecular weight excluding hydrogens is 568 g/mol. The van der Waals surface area contributed by atoms with E-state index in [0.717, 1.165) is 87.8 Å². The number of aliphatic imine (C=N–C) groups is 1. The Bertz CT molecular complexity index is 1310. The van der Waals surface area contributed by atoms with Crippen LogP contribution in [-0.2, 0) is 20.9 Å². The zero-order valence-corrected chi connectivity index (χ0v) is 26.5. The van der Waals surface area contributed by atoms with Gasteiger partial charge in [0, 0.05) is 31.1 Å². The molecule has 0 bridgehead atoms. The topological polar surface area (TPSA) is 101 Å². The fraction of sp³-hybridized carbons (Fsp3) is 0.556. The molecule has 2 aromatic rings. The van der Waals surface area contributed by atoms with E-state index in [0.29, 0.717) is 56.2 Å². The molecule has 2 heterocycles. The minimum atomic E-state index is -0.263. The van der Waals surface area contributed by atoms with E-state index < -0.39 is 0 Å². The number of ether oxygens (including phenoxy) is 2. The average molecular weight is 617 g/mol. The van der Waals surface area contributed by atoms with E-state index in [1.807, 2.05) is 41.3 Å². The Balaban J connectivity index is 0.944. The van der Waals surface area contributed by atoms with Crippen LogP contribution in [0.15, 0.2) is 53.5 Å². The van der Waals surface area contributed by atoms with E-state index in [9.17, 15) is 14.4 Å². The molecule has 1 saturated heterocycles. The fourth-order valence-electron chi connectivity index (χ4n) is 6.46. The van der Waals surface area contributed by atoms with Gasteiger partial charge in [-0.2, -0.15) is 0 Å². The van der Waals surface area contributed by atoms with Gasteiger partial charge < -0.3 is 19.3 Å². The highest BCUT2D eigenvalue weighted by atomic mass is 16.5. The van der Waals surface area contributed by atoms with Gasteiger partial charge in [0.25, 0.3) is 0 Å². The molecule has 2 fully saturated rings. The predicted octanol–water partition coefficient (Wildman–Crippen LogP) is 6.53. The number of carbonyl (C=O) groups is 3. The third-order valence-corrected chi connectivity index (χ3v) is 8.95. The van der Waals surface area contributed by atoms with Crippen molar-refractivity contribution in [2.24, 2.45) is 4.99 Å². The second-order valence-electron chi connectivity index (χ2n) is 12.4. The zero-order chi connectivity index (χ0) is 31.3. The quantitative estimate of drug-likeness (QED) is 0.160. The number of hydrogen-bond donors (Lipinski definition) is 1. The van der Waals surface area contributed by atoms with Gasteiger partial charge in [-0.05, 0) is 75.3 Å². The molecule has 1 saturated carbocycles. The van der Waals surface area contributed by atoms with Gasteiger partial charge in [0.1, 0.15) is 12.3 Å². The van der Waals surface area contributed by atoms with Crippen molar-refractivity contribution in [1.82, 2.24) is 15.1 Å². The van der Waals surface area contributed by atoms with Gasteiger partial charge in [-0.3, -0.25) is 14.9 Å². The van der Waals surface area contributed by atoms with E-state index in [1.165, 1.54) is 19.3 Å². The molecule has 0 atom stereocenters. The lowest BCUT2D eigenvalue weighted by atomic mass is 9.93. The van der Waals surface area contributed by atoms with Crippen molar-refractivity contribution in [1.29, 1.82) is 0 Å². The minimum Gasteiger partial charge on any atom is -0.494 e. The average Bonchev–Trinajstić information content (AvgIpc) is 3.43. The Morgan fingerprint density at radius 1 is 0.867 bits per heavy atom. The van der Waals surface area contributed by atoms with Crippen LogP contribution < -0.4 is 10.1 Å². The van der Waals surface area contributed by atoms with E-state index in [-0.39, 0.29) is 11.9 Å². The summed E-state index contributed by atoms with van der Waals surface area (Å²) in [6, 6.07) is 15.4. The minimum absolute atomic E-state index is 0.0194. The first-order valence-electron chi connectivity index (χ1n) is 17.0. The Hall–Kier alpha value is -3.88. The Morgan fingerprint density at radius 3 is 2.44 bits per heavy atom. The van der Waals surface area contributed by atoms with Crippen LogP contribution in [-0.4, -0.2) is 65.9 Å². The van der Waals surface area contributed by atoms with Crippen molar-refractivity contribution < 1.29 is 23.9 Å². The third-order valence-electron chi connectivity index (χ3n) is 8.95. The van der Waals surface area contributed by atoms with E-state index >= 15 is 0 Å². The summed E-state index contributed by atoms with van der Waals surface area (Å²) < 4.78 is 11.4. The Kier molecular flexibility index (Phi) is 12.3. The molecular formula is C36H48N4O5. The molecule has 0 spiro atoms. The van der Waals surface area contributed by atoms with Crippen LogP contribution in [0.25, 0.3) is 0 Å². The SMILES string of the molecule is O=C1CN2Cc3cc(OCCCCCCC(=O)N(CCCCCCOC(=O)c4ccccc4)C4CCCCC4)ccc3N=C2N1. The smallest absolute Gasteiger partial charge is 0.338 e. The molecule has 3 aliphatic rings. The number of guanidine groups is 1. The summed E-state index contributed by atoms with van der Waals surface area (Å²) in [6.45, 7) is 2.92. The van der Waals surface area contributed by atoms with Crippen LogP contribution in [0, 0.1) is 0 Å². The van der Waals surface area contributed by atoms with Gasteiger partial charge in [0.15, 0.2) is 0 Å². The number of nitrogens with one attached hydrogen (secondary N) is 1. The molecule has 5 rings (SSSR count). The monoisotopic (exact) mass is 616 g/mol. The van der Waals surface area contributed by atoms with Crippen LogP contribution in [0.5, 0.6) is 5.75 Å². The maximum Gasteiger partial charge on any atom is 0.338 e. The number of hydrogen-bond acceptors (Lipinski definition) is 7. The molecule has 2 aliphatic heterocycles. The van der Waals surface area contributed by atoms with Crippen molar-refractivity contribution in [2.75, 3.05) is 26.3 Å². The lowest BCUT2D eigenvalue weighted by Crippen LogP contribution is -2.42. The molecule has 0 radical (unpaired) electrons. The summed E-state index contributed by atoms with van der Waals surface area (Å²) in [7, 11) is 0. The molecule has 2 amide bonds. The molecule has 45 heavy (non-hydrogen) atoms. The maximum atomic E-state index is 13.3. The molecule has 9 nitrogen and oxygen atoms in total.